The van der Waals surface area contributed by atoms with Gasteiger partial charge in [0.1, 0.15) is 12.0 Å². The van der Waals surface area contributed by atoms with Crippen LogP contribution < -0.4 is 5.32 Å². The summed E-state index contributed by atoms with van der Waals surface area (Å²) < 4.78 is 0.687. The van der Waals surface area contributed by atoms with Crippen molar-refractivity contribution in [3.05, 3.63) is 26.3 Å². The molecule has 19 heavy (non-hydrogen) atoms. The third kappa shape index (κ3) is 2.73. The third-order valence-electron chi connectivity index (χ3n) is 4.23. The molecule has 1 aromatic rings. The minimum atomic E-state index is -0.406. The Balaban J connectivity index is 2.13. The predicted octanol–water partition coefficient (Wildman–Crippen LogP) is 4.05. The van der Waals surface area contributed by atoms with Gasteiger partial charge < -0.3 is 5.32 Å². The van der Waals surface area contributed by atoms with Crippen LogP contribution in [0.2, 0.25) is 0 Å². The van der Waals surface area contributed by atoms with E-state index in [1.807, 2.05) is 0 Å². The largest absolute Gasteiger partial charge is 0.369 e. The second-order valence-corrected chi connectivity index (χ2v) is 6.04. The molecule has 1 aliphatic rings. The number of nitrogens with zero attached hydrogens (tertiary/aromatic N) is 2. The Kier molecular flexibility index (Phi) is 4.08. The van der Waals surface area contributed by atoms with Gasteiger partial charge in [0.05, 0.1) is 9.40 Å². The Morgan fingerprint density at radius 1 is 1.58 bits per heavy atom. The molecule has 0 atom stereocenters. The molecular weight excluding hydrogens is 310 g/mol. The summed E-state index contributed by atoms with van der Waals surface area (Å²) >= 11 is 3.40. The molecule has 1 heterocycles. The normalized spacial score (nSPS) is 16.8. The molecule has 1 N–H and O–H groups in total. The lowest BCUT2D eigenvalue weighted by atomic mass is 9.67. The highest BCUT2D eigenvalue weighted by Crippen LogP contribution is 2.44. The number of hydrogen-bond acceptors (Lipinski definition) is 4. The van der Waals surface area contributed by atoms with Crippen LogP contribution in [0, 0.1) is 22.5 Å². The lowest BCUT2D eigenvalue weighted by Crippen LogP contribution is -2.36. The molecule has 104 valence electrons. The van der Waals surface area contributed by atoms with E-state index in [0.717, 1.165) is 13.0 Å². The Morgan fingerprint density at radius 2 is 2.26 bits per heavy atom. The second-order valence-electron chi connectivity index (χ2n) is 5.25. The summed E-state index contributed by atoms with van der Waals surface area (Å²) in [5.74, 6) is 0.697. The highest BCUT2D eigenvalue weighted by Gasteiger charge is 2.35. The number of rotatable bonds is 5. The van der Waals surface area contributed by atoms with Gasteiger partial charge in [0.2, 0.25) is 0 Å². The smallest absolute Gasteiger partial charge is 0.291 e. The lowest BCUT2D eigenvalue weighted by Gasteiger charge is -2.41. The minimum absolute atomic E-state index is 0.0475. The van der Waals surface area contributed by atoms with Gasteiger partial charge in [-0.2, -0.15) is 0 Å². The molecule has 6 heteroatoms. The monoisotopic (exact) mass is 327 g/mol. The fourth-order valence-electron chi connectivity index (χ4n) is 2.48. The van der Waals surface area contributed by atoms with Crippen LogP contribution >= 0.6 is 15.9 Å². The lowest BCUT2D eigenvalue weighted by molar-refractivity contribution is -0.385. The Bertz CT molecular complexity index is 495. The number of hydrogen-bond donors (Lipinski definition) is 1. The van der Waals surface area contributed by atoms with Gasteiger partial charge in [-0.15, -0.1) is 0 Å². The van der Waals surface area contributed by atoms with Gasteiger partial charge in [-0.25, -0.2) is 4.98 Å². The number of aromatic nitrogens is 1. The van der Waals surface area contributed by atoms with Crippen molar-refractivity contribution in [3.63, 3.8) is 0 Å². The summed E-state index contributed by atoms with van der Waals surface area (Å²) in [5, 5.41) is 14.2. The van der Waals surface area contributed by atoms with Gasteiger partial charge >= 0.3 is 0 Å². The molecule has 0 unspecified atom stereocenters. The Labute approximate surface area is 121 Å². The molecule has 0 aliphatic heterocycles. The molecule has 0 radical (unpaired) electrons. The summed E-state index contributed by atoms with van der Waals surface area (Å²) in [6.07, 6.45) is 6.27. The van der Waals surface area contributed by atoms with E-state index in [2.05, 4.69) is 33.2 Å². The van der Waals surface area contributed by atoms with Crippen molar-refractivity contribution in [3.8, 4) is 0 Å². The van der Waals surface area contributed by atoms with E-state index >= 15 is 0 Å². The van der Waals surface area contributed by atoms with Crippen molar-refractivity contribution in [1.82, 2.24) is 4.98 Å². The maximum absolute atomic E-state index is 10.8. The standard InChI is InChI=1S/C13H18BrN3O2/c1-3-13(5-4-6-13)8-16-12-11(14)9(2)10(7-15-12)17(18)19/h7H,3-6,8H2,1-2H3,(H,15,16). The number of anilines is 1. The number of halogens is 1. The summed E-state index contributed by atoms with van der Waals surface area (Å²) in [4.78, 5) is 14.6. The van der Waals surface area contributed by atoms with E-state index in [1.165, 1.54) is 25.5 Å². The zero-order valence-electron chi connectivity index (χ0n) is 11.2. The third-order valence-corrected chi connectivity index (χ3v) is 5.20. The van der Waals surface area contributed by atoms with Gasteiger partial charge in [-0.05, 0) is 47.5 Å². The van der Waals surface area contributed by atoms with Gasteiger partial charge in [-0.1, -0.05) is 13.3 Å². The number of nitro groups is 1. The van der Waals surface area contributed by atoms with Crippen LogP contribution in [0.4, 0.5) is 11.5 Å². The topological polar surface area (TPSA) is 68.1 Å². The average molecular weight is 328 g/mol. The van der Waals surface area contributed by atoms with Crippen LogP contribution in [0.5, 0.6) is 0 Å². The summed E-state index contributed by atoms with van der Waals surface area (Å²) in [6.45, 7) is 4.82. The molecule has 1 fully saturated rings. The first-order valence-corrected chi connectivity index (χ1v) is 7.32. The molecule has 0 saturated heterocycles. The van der Waals surface area contributed by atoms with Gasteiger partial charge in [0.25, 0.3) is 5.69 Å². The molecule has 5 nitrogen and oxygen atoms in total. The van der Waals surface area contributed by atoms with Gasteiger partial charge in [0, 0.05) is 12.1 Å². The molecule has 0 aromatic carbocycles. The Morgan fingerprint density at radius 3 is 2.74 bits per heavy atom. The zero-order chi connectivity index (χ0) is 14.0. The van der Waals surface area contributed by atoms with Crippen LogP contribution in [-0.2, 0) is 0 Å². The molecule has 2 rings (SSSR count). The molecule has 1 aromatic heterocycles. The fraction of sp³-hybridized carbons (Fsp3) is 0.615. The minimum Gasteiger partial charge on any atom is -0.369 e. The number of nitrogens with one attached hydrogen (secondary N) is 1. The van der Waals surface area contributed by atoms with Crippen molar-refractivity contribution in [1.29, 1.82) is 0 Å². The summed E-state index contributed by atoms with van der Waals surface area (Å²) in [6, 6.07) is 0. The molecule has 0 bridgehead atoms. The van der Waals surface area contributed by atoms with Crippen LogP contribution in [0.25, 0.3) is 0 Å². The Hall–Kier alpha value is -1.17. The van der Waals surface area contributed by atoms with Crippen molar-refractivity contribution in [2.24, 2.45) is 5.41 Å². The molecule has 1 aliphatic carbocycles. The second kappa shape index (κ2) is 5.45. The summed E-state index contributed by atoms with van der Waals surface area (Å²) in [5.41, 5.74) is 1.05. The number of pyridine rings is 1. The van der Waals surface area contributed by atoms with Crippen molar-refractivity contribution in [2.45, 2.75) is 39.5 Å². The maximum atomic E-state index is 10.8. The molecule has 0 spiro atoms. The van der Waals surface area contributed by atoms with Crippen molar-refractivity contribution < 1.29 is 4.92 Å². The van der Waals surface area contributed by atoms with Crippen molar-refractivity contribution >= 4 is 27.4 Å². The van der Waals surface area contributed by atoms with Crippen LogP contribution in [0.15, 0.2) is 10.7 Å². The van der Waals surface area contributed by atoms with E-state index in [4.69, 9.17) is 0 Å². The van der Waals surface area contributed by atoms with E-state index in [1.54, 1.807) is 6.92 Å². The van der Waals surface area contributed by atoms with E-state index < -0.39 is 4.92 Å². The molecular formula is C13H18BrN3O2. The molecule has 0 amide bonds. The van der Waals surface area contributed by atoms with E-state index in [9.17, 15) is 10.1 Å². The SMILES string of the molecule is CCC1(CNc2ncc([N+](=O)[O-])c(C)c2Br)CCC1. The average Bonchev–Trinajstić information content (AvgIpc) is 2.33. The van der Waals surface area contributed by atoms with Crippen LogP contribution in [-0.4, -0.2) is 16.5 Å². The quantitative estimate of drug-likeness (QED) is 0.654. The first kappa shape index (κ1) is 14.2. The van der Waals surface area contributed by atoms with Gasteiger partial charge in [-0.3, -0.25) is 10.1 Å². The highest BCUT2D eigenvalue weighted by atomic mass is 79.9. The van der Waals surface area contributed by atoms with Gasteiger partial charge in [0.15, 0.2) is 0 Å². The zero-order valence-corrected chi connectivity index (χ0v) is 12.8. The maximum Gasteiger partial charge on any atom is 0.291 e. The highest BCUT2D eigenvalue weighted by molar-refractivity contribution is 9.10. The van der Waals surface area contributed by atoms with Crippen LogP contribution in [0.1, 0.15) is 38.2 Å². The van der Waals surface area contributed by atoms with E-state index in [0.29, 0.717) is 21.3 Å². The van der Waals surface area contributed by atoms with Crippen LogP contribution in [0.3, 0.4) is 0 Å². The first-order valence-electron chi connectivity index (χ1n) is 6.52. The van der Waals surface area contributed by atoms with E-state index in [-0.39, 0.29) is 5.69 Å². The first-order chi connectivity index (χ1) is 8.99. The predicted molar refractivity (Wildman–Crippen MR) is 78.4 cm³/mol. The molecule has 1 saturated carbocycles. The van der Waals surface area contributed by atoms with Crippen molar-refractivity contribution in [2.75, 3.05) is 11.9 Å². The fourth-order valence-corrected chi connectivity index (χ4v) is 2.93. The summed E-state index contributed by atoms with van der Waals surface area (Å²) in [7, 11) is 0.